The number of benzene rings is 1. The van der Waals surface area contributed by atoms with Gasteiger partial charge in [0.15, 0.2) is 0 Å². The van der Waals surface area contributed by atoms with Crippen LogP contribution >= 0.6 is 0 Å². The van der Waals surface area contributed by atoms with Gasteiger partial charge < -0.3 is 9.47 Å². The van der Waals surface area contributed by atoms with Gasteiger partial charge in [0.1, 0.15) is 12.4 Å². The normalized spacial score (nSPS) is 13.0. The average Bonchev–Trinajstić information content (AvgIpc) is 2.51. The summed E-state index contributed by atoms with van der Waals surface area (Å²) in [6.45, 7) is 18.6. The Balaban J connectivity index is 2.70. The molecule has 0 aliphatic carbocycles. The molecule has 1 rings (SSSR count). The number of hydrogen-bond donors (Lipinski definition) is 0. The molecule has 0 saturated carbocycles. The van der Waals surface area contributed by atoms with Crippen molar-refractivity contribution in [2.45, 2.75) is 67.2 Å². The summed E-state index contributed by atoms with van der Waals surface area (Å²) in [6, 6.07) is 7.72. The predicted octanol–water partition coefficient (Wildman–Crippen LogP) is 5.67. The molecule has 1 unspecified atom stereocenters. The van der Waals surface area contributed by atoms with Gasteiger partial charge in [-0.25, -0.2) is 4.79 Å². The summed E-state index contributed by atoms with van der Waals surface area (Å²) in [4.78, 5) is 23.2. The molecule has 0 saturated heterocycles. The fourth-order valence-corrected chi connectivity index (χ4v) is 2.84. The van der Waals surface area contributed by atoms with Gasteiger partial charge in [-0.1, -0.05) is 60.3 Å². The molecule has 4 heteroatoms. The highest BCUT2D eigenvalue weighted by Crippen LogP contribution is 2.43. The molecule has 1 aromatic rings. The molecular weight excluding hydrogens is 340 g/mol. The summed E-state index contributed by atoms with van der Waals surface area (Å²) in [5.74, 6) is -0.0271. The summed E-state index contributed by atoms with van der Waals surface area (Å²) < 4.78 is 10.2. The zero-order valence-electron chi connectivity index (χ0n) is 17.8. The quantitative estimate of drug-likeness (QED) is 0.351. The van der Waals surface area contributed by atoms with Gasteiger partial charge in [0, 0.05) is 5.57 Å². The summed E-state index contributed by atoms with van der Waals surface area (Å²) in [5.41, 5.74) is 1.92. The summed E-state index contributed by atoms with van der Waals surface area (Å²) >= 11 is 0. The van der Waals surface area contributed by atoms with Gasteiger partial charge in [0.2, 0.25) is 0 Å². The lowest BCUT2D eigenvalue weighted by molar-refractivity contribution is -0.142. The van der Waals surface area contributed by atoms with Crippen LogP contribution in [0.1, 0.15) is 72.8 Å². The minimum Gasteiger partial charge on any atom is -0.462 e. The van der Waals surface area contributed by atoms with E-state index in [1.807, 2.05) is 24.3 Å². The van der Waals surface area contributed by atoms with Crippen molar-refractivity contribution in [1.82, 2.24) is 0 Å². The Labute approximate surface area is 163 Å². The van der Waals surface area contributed by atoms with Crippen molar-refractivity contribution in [2.75, 3.05) is 6.61 Å². The standard InChI is InChI=1S/C23H34O4/c1-16(2)21(25)26-14-13-20(24)27-18-11-9-17(10-12-18)19(23(6,7)8)15-22(3,4)5/h9-12,19H,1,13-15H2,2-8H3. The first-order valence-corrected chi connectivity index (χ1v) is 9.43. The fourth-order valence-electron chi connectivity index (χ4n) is 2.84. The van der Waals surface area contributed by atoms with E-state index >= 15 is 0 Å². The number of ether oxygens (including phenoxy) is 2. The Morgan fingerprint density at radius 2 is 1.59 bits per heavy atom. The molecule has 27 heavy (non-hydrogen) atoms. The molecule has 0 aromatic heterocycles. The number of carbonyl (C=O) groups is 2. The lowest BCUT2D eigenvalue weighted by Crippen LogP contribution is -2.23. The van der Waals surface area contributed by atoms with Crippen LogP contribution in [0.2, 0.25) is 0 Å². The van der Waals surface area contributed by atoms with Crippen LogP contribution in [0.5, 0.6) is 5.75 Å². The summed E-state index contributed by atoms with van der Waals surface area (Å²) in [6.07, 6.45) is 1.08. The Morgan fingerprint density at radius 1 is 1.04 bits per heavy atom. The largest absolute Gasteiger partial charge is 0.462 e. The lowest BCUT2D eigenvalue weighted by atomic mass is 9.69. The summed E-state index contributed by atoms with van der Waals surface area (Å²) in [7, 11) is 0. The van der Waals surface area contributed by atoms with Crippen molar-refractivity contribution in [3.63, 3.8) is 0 Å². The van der Waals surface area contributed by atoms with E-state index in [0.29, 0.717) is 17.2 Å². The molecular formula is C23H34O4. The molecule has 0 fully saturated rings. The van der Waals surface area contributed by atoms with E-state index in [4.69, 9.17) is 9.47 Å². The van der Waals surface area contributed by atoms with Crippen molar-refractivity contribution < 1.29 is 19.1 Å². The molecule has 0 aliphatic rings. The maximum atomic E-state index is 11.9. The van der Waals surface area contributed by atoms with Crippen LogP contribution in [-0.2, 0) is 14.3 Å². The van der Waals surface area contributed by atoms with Gasteiger partial charge in [-0.05, 0) is 47.8 Å². The monoisotopic (exact) mass is 374 g/mol. The molecule has 4 nitrogen and oxygen atoms in total. The highest BCUT2D eigenvalue weighted by molar-refractivity contribution is 5.87. The van der Waals surface area contributed by atoms with E-state index in [1.165, 1.54) is 5.56 Å². The van der Waals surface area contributed by atoms with E-state index in [1.54, 1.807) is 6.92 Å². The Bertz CT molecular complexity index is 657. The number of rotatable bonds is 7. The molecule has 0 spiro atoms. The second-order valence-electron chi connectivity index (χ2n) is 9.39. The number of hydrogen-bond acceptors (Lipinski definition) is 4. The highest BCUT2D eigenvalue weighted by Gasteiger charge is 2.30. The zero-order chi connectivity index (χ0) is 20.8. The van der Waals surface area contributed by atoms with E-state index in [2.05, 4.69) is 48.1 Å². The smallest absolute Gasteiger partial charge is 0.333 e. The summed E-state index contributed by atoms with van der Waals surface area (Å²) in [5, 5.41) is 0. The Morgan fingerprint density at radius 3 is 2.04 bits per heavy atom. The van der Waals surface area contributed by atoms with E-state index in [-0.39, 0.29) is 23.9 Å². The second-order valence-corrected chi connectivity index (χ2v) is 9.39. The number of esters is 2. The van der Waals surface area contributed by atoms with E-state index < -0.39 is 11.9 Å². The van der Waals surface area contributed by atoms with Crippen LogP contribution in [0.4, 0.5) is 0 Å². The SMILES string of the molecule is C=C(C)C(=O)OCCC(=O)Oc1ccc(C(CC(C)(C)C)C(C)(C)C)cc1. The maximum Gasteiger partial charge on any atom is 0.333 e. The van der Waals surface area contributed by atoms with Crippen LogP contribution < -0.4 is 4.74 Å². The Hall–Kier alpha value is -2.10. The van der Waals surface area contributed by atoms with E-state index in [9.17, 15) is 9.59 Å². The van der Waals surface area contributed by atoms with Crippen molar-refractivity contribution >= 4 is 11.9 Å². The van der Waals surface area contributed by atoms with Gasteiger partial charge in [-0.15, -0.1) is 0 Å². The van der Waals surface area contributed by atoms with E-state index in [0.717, 1.165) is 6.42 Å². The Kier molecular flexibility index (Phi) is 7.82. The van der Waals surface area contributed by atoms with Crippen LogP contribution in [0.25, 0.3) is 0 Å². The minimum absolute atomic E-state index is 0.00934. The lowest BCUT2D eigenvalue weighted by Gasteiger charge is -2.36. The molecule has 1 atom stereocenters. The molecule has 0 radical (unpaired) electrons. The van der Waals surface area contributed by atoms with Crippen molar-refractivity contribution in [1.29, 1.82) is 0 Å². The van der Waals surface area contributed by atoms with Gasteiger partial charge in [-0.3, -0.25) is 4.79 Å². The highest BCUT2D eigenvalue weighted by atomic mass is 16.5. The zero-order valence-corrected chi connectivity index (χ0v) is 17.8. The van der Waals surface area contributed by atoms with Crippen LogP contribution in [-0.4, -0.2) is 18.5 Å². The third-order valence-corrected chi connectivity index (χ3v) is 4.26. The van der Waals surface area contributed by atoms with Crippen LogP contribution in [0, 0.1) is 10.8 Å². The van der Waals surface area contributed by atoms with Crippen molar-refractivity contribution in [2.24, 2.45) is 10.8 Å². The second kappa shape index (κ2) is 9.20. The first-order valence-electron chi connectivity index (χ1n) is 9.43. The first kappa shape index (κ1) is 22.9. The molecule has 0 aliphatic heterocycles. The maximum absolute atomic E-state index is 11.9. The molecule has 0 bridgehead atoms. The van der Waals surface area contributed by atoms with Gasteiger partial charge >= 0.3 is 11.9 Å². The number of carbonyl (C=O) groups excluding carboxylic acids is 2. The molecule has 0 amide bonds. The minimum atomic E-state index is -0.501. The third-order valence-electron chi connectivity index (χ3n) is 4.26. The van der Waals surface area contributed by atoms with Gasteiger partial charge in [0.05, 0.1) is 6.42 Å². The van der Waals surface area contributed by atoms with Crippen LogP contribution in [0.15, 0.2) is 36.4 Å². The van der Waals surface area contributed by atoms with Crippen molar-refractivity contribution in [3.05, 3.63) is 42.0 Å². The van der Waals surface area contributed by atoms with Gasteiger partial charge in [0.25, 0.3) is 0 Å². The first-order chi connectivity index (χ1) is 12.3. The molecule has 0 heterocycles. The topological polar surface area (TPSA) is 52.6 Å². The predicted molar refractivity (Wildman–Crippen MR) is 109 cm³/mol. The van der Waals surface area contributed by atoms with Crippen LogP contribution in [0.3, 0.4) is 0 Å². The molecule has 0 N–H and O–H groups in total. The molecule has 150 valence electrons. The van der Waals surface area contributed by atoms with Crippen molar-refractivity contribution in [3.8, 4) is 5.75 Å². The average molecular weight is 375 g/mol. The fraction of sp³-hybridized carbons (Fsp3) is 0.565. The third kappa shape index (κ3) is 8.42. The van der Waals surface area contributed by atoms with Gasteiger partial charge in [-0.2, -0.15) is 0 Å². The molecule has 1 aromatic carbocycles.